The fourth-order valence-electron chi connectivity index (χ4n) is 21.4. The number of fused-ring (bicyclic) bond motifs is 15. The SMILES string of the molecule is CCC1(CC)c2ccccc2-c2ccc(N(c3ccc(/C=C/c4ccc5c(-c6ccccc6)c(-c6ccccc6)c6ccc(/C=C/c7ccc(N(c8ccc9c(c8)C(CC)(CC)c8ccccc8-9)c8ccc9c(c8)C(CC)(CC)c8ccccc8-9)cc7)cc6c5c4)cc3)c3ccc4c(c3)C(CC)(CC)c3ccccc3-4)cc21. The van der Waals surface area contributed by atoms with Crippen LogP contribution >= 0.6 is 0 Å². The summed E-state index contributed by atoms with van der Waals surface area (Å²) in [6.07, 6.45) is 17.5. The van der Waals surface area contributed by atoms with E-state index in [2.05, 4.69) is 405 Å². The normalized spacial score (nSPS) is 14.6. The van der Waals surface area contributed by atoms with Gasteiger partial charge < -0.3 is 9.80 Å². The van der Waals surface area contributed by atoms with Crippen molar-refractivity contribution in [2.45, 2.75) is 128 Å². The van der Waals surface area contributed by atoms with Crippen LogP contribution in [-0.2, 0) is 21.7 Å². The Hall–Kier alpha value is -12.1. The molecule has 0 atom stereocenters. The monoisotopic (exact) mass is 1440 g/mol. The average molecular weight is 1450 g/mol. The Morgan fingerprint density at radius 1 is 0.196 bits per heavy atom. The van der Waals surface area contributed by atoms with Crippen molar-refractivity contribution in [3.63, 3.8) is 0 Å². The molecule has 0 amide bonds. The summed E-state index contributed by atoms with van der Waals surface area (Å²) in [6, 6.07) is 121. The van der Waals surface area contributed by atoms with Gasteiger partial charge in [-0.05, 0) is 291 Å². The third-order valence-electron chi connectivity index (χ3n) is 27.4. The van der Waals surface area contributed by atoms with Gasteiger partial charge in [-0.2, -0.15) is 0 Å². The molecule has 546 valence electrons. The van der Waals surface area contributed by atoms with Crippen LogP contribution in [0.3, 0.4) is 0 Å². The Labute approximate surface area is 662 Å². The van der Waals surface area contributed by atoms with Gasteiger partial charge in [-0.3, -0.25) is 0 Å². The van der Waals surface area contributed by atoms with E-state index in [1.54, 1.807) is 0 Å². The molecular weight excluding hydrogens is 1350 g/mol. The summed E-state index contributed by atoms with van der Waals surface area (Å²) in [5.41, 5.74) is 38.7. The molecule has 0 bridgehead atoms. The van der Waals surface area contributed by atoms with Gasteiger partial charge in [0.05, 0.1) is 0 Å². The topological polar surface area (TPSA) is 6.48 Å². The summed E-state index contributed by atoms with van der Waals surface area (Å²) < 4.78 is 0. The van der Waals surface area contributed by atoms with Crippen LogP contribution < -0.4 is 9.80 Å². The molecule has 15 aromatic carbocycles. The lowest BCUT2D eigenvalue weighted by molar-refractivity contribution is 0.490. The minimum atomic E-state index is -0.0599. The quantitative estimate of drug-likeness (QED) is 0.0554. The third kappa shape index (κ3) is 10.8. The number of benzene rings is 15. The van der Waals surface area contributed by atoms with Crippen LogP contribution in [-0.4, -0.2) is 0 Å². The molecule has 2 nitrogen and oxygen atoms in total. The van der Waals surface area contributed by atoms with E-state index in [4.69, 9.17) is 0 Å². The highest BCUT2D eigenvalue weighted by molar-refractivity contribution is 6.22. The molecule has 0 heterocycles. The highest BCUT2D eigenvalue weighted by atomic mass is 15.1. The Bertz CT molecular complexity index is 5630. The van der Waals surface area contributed by atoms with Gasteiger partial charge in [-0.1, -0.05) is 310 Å². The van der Waals surface area contributed by atoms with Crippen LogP contribution in [0.25, 0.3) is 113 Å². The predicted octanol–water partition coefficient (Wildman–Crippen LogP) is 31.0. The molecule has 0 spiro atoms. The highest BCUT2D eigenvalue weighted by Crippen LogP contribution is 2.60. The van der Waals surface area contributed by atoms with Crippen molar-refractivity contribution in [1.29, 1.82) is 0 Å². The van der Waals surface area contributed by atoms with Gasteiger partial charge in [-0.25, -0.2) is 0 Å². The lowest BCUT2D eigenvalue weighted by atomic mass is 9.73. The summed E-state index contributed by atoms with van der Waals surface area (Å²) in [4.78, 5) is 5.05. The molecule has 0 unspecified atom stereocenters. The summed E-state index contributed by atoms with van der Waals surface area (Å²) in [5.74, 6) is 0. The van der Waals surface area contributed by atoms with Crippen molar-refractivity contribution in [2.75, 3.05) is 9.80 Å². The van der Waals surface area contributed by atoms with Crippen molar-refractivity contribution in [3.8, 4) is 66.8 Å². The number of hydrogen-bond donors (Lipinski definition) is 0. The first kappa shape index (κ1) is 70.3. The van der Waals surface area contributed by atoms with Crippen LogP contribution in [0.4, 0.5) is 34.1 Å². The summed E-state index contributed by atoms with van der Waals surface area (Å²) >= 11 is 0. The van der Waals surface area contributed by atoms with Crippen LogP contribution in [0.15, 0.2) is 315 Å². The van der Waals surface area contributed by atoms with E-state index in [9.17, 15) is 0 Å². The van der Waals surface area contributed by atoms with Gasteiger partial charge >= 0.3 is 0 Å². The fourth-order valence-corrected chi connectivity index (χ4v) is 21.4. The fraction of sp³-hybridized carbons (Fsp3) is 0.182. The molecule has 4 aliphatic rings. The van der Waals surface area contributed by atoms with Crippen molar-refractivity contribution in [3.05, 3.63) is 382 Å². The van der Waals surface area contributed by atoms with Crippen molar-refractivity contribution < 1.29 is 0 Å². The Morgan fingerprint density at radius 3 is 0.705 bits per heavy atom. The molecule has 0 radical (unpaired) electrons. The van der Waals surface area contributed by atoms with Gasteiger partial charge in [0.15, 0.2) is 0 Å². The second-order valence-corrected chi connectivity index (χ2v) is 31.9. The van der Waals surface area contributed by atoms with E-state index in [1.165, 1.54) is 156 Å². The molecule has 0 saturated heterocycles. The van der Waals surface area contributed by atoms with Gasteiger partial charge in [0.2, 0.25) is 0 Å². The first-order valence-corrected chi connectivity index (χ1v) is 41.3. The maximum Gasteiger partial charge on any atom is 0.0465 e. The molecule has 0 N–H and O–H groups in total. The first-order chi connectivity index (χ1) is 55.1. The lowest BCUT2D eigenvalue weighted by Gasteiger charge is -2.33. The largest absolute Gasteiger partial charge is 0.310 e. The predicted molar refractivity (Wildman–Crippen MR) is 480 cm³/mol. The zero-order chi connectivity index (χ0) is 76.0. The standard InChI is InChI=1S/C110H96N2/c1-9-107(10-2)97-39-27-23-35-85(97)89-63-57-81(69-101(89)107)111(82-58-64-90-86-36-24-28-40-98(86)108(11-3,12-4)102(90)70-82)79-53-47-73(48-54-79)43-45-75-51-61-93-95(67-75)96-68-76(52-62-94(96)106(78-33-21-18-22-34-78)105(93)77-31-19-17-20-32-77)46-44-74-49-55-80(56-50-74)112(83-59-65-91-87-37-25-29-41-99(87)109(13-5,14-6)103(91)71-83)84-60-66-92-88-38-26-30-42-100(88)110(15-7,16-8)104(92)72-84/h17-72H,9-16H2,1-8H3/b45-43+,46-44+. The van der Waals surface area contributed by atoms with Crippen LogP contribution in [0.2, 0.25) is 0 Å². The highest BCUT2D eigenvalue weighted by Gasteiger charge is 2.45. The maximum atomic E-state index is 2.53. The van der Waals surface area contributed by atoms with Crippen molar-refractivity contribution in [2.24, 2.45) is 0 Å². The van der Waals surface area contributed by atoms with E-state index in [1.807, 2.05) is 0 Å². The van der Waals surface area contributed by atoms with Crippen LogP contribution in [0.5, 0.6) is 0 Å². The number of nitrogens with zero attached hydrogens (tertiary/aromatic N) is 2. The number of anilines is 6. The van der Waals surface area contributed by atoms with E-state index >= 15 is 0 Å². The van der Waals surface area contributed by atoms with Gasteiger partial charge in [0.1, 0.15) is 0 Å². The van der Waals surface area contributed by atoms with E-state index in [0.29, 0.717) is 0 Å². The first-order valence-electron chi connectivity index (χ1n) is 41.3. The third-order valence-corrected chi connectivity index (χ3v) is 27.4. The van der Waals surface area contributed by atoms with E-state index in [0.717, 1.165) is 85.0 Å². The molecule has 2 heteroatoms. The summed E-state index contributed by atoms with van der Waals surface area (Å²) in [7, 11) is 0. The molecule has 0 fully saturated rings. The van der Waals surface area contributed by atoms with E-state index < -0.39 is 0 Å². The van der Waals surface area contributed by atoms with Crippen molar-refractivity contribution >= 4 is 80.0 Å². The second-order valence-electron chi connectivity index (χ2n) is 31.9. The maximum absolute atomic E-state index is 2.53. The minimum absolute atomic E-state index is 0.0599. The molecule has 0 saturated carbocycles. The average Bonchev–Trinajstić information content (AvgIpc) is 1.02. The van der Waals surface area contributed by atoms with Gasteiger partial charge in [0, 0.05) is 55.8 Å². The Kier molecular flexibility index (Phi) is 17.6. The number of hydrogen-bond acceptors (Lipinski definition) is 2. The molecule has 19 rings (SSSR count). The molecule has 4 aliphatic carbocycles. The molecule has 112 heavy (non-hydrogen) atoms. The van der Waals surface area contributed by atoms with Crippen LogP contribution in [0, 0.1) is 0 Å². The zero-order valence-electron chi connectivity index (χ0n) is 65.9. The second kappa shape index (κ2) is 28.0. The van der Waals surface area contributed by atoms with Crippen molar-refractivity contribution in [1.82, 2.24) is 0 Å². The van der Waals surface area contributed by atoms with Gasteiger partial charge in [-0.15, -0.1) is 0 Å². The lowest BCUT2D eigenvalue weighted by Crippen LogP contribution is -2.24. The van der Waals surface area contributed by atoms with Crippen LogP contribution in [0.1, 0.15) is 174 Å². The minimum Gasteiger partial charge on any atom is -0.310 e. The molecule has 0 aliphatic heterocycles. The smallest absolute Gasteiger partial charge is 0.0465 e. The van der Waals surface area contributed by atoms with E-state index in [-0.39, 0.29) is 21.7 Å². The zero-order valence-corrected chi connectivity index (χ0v) is 65.9. The van der Waals surface area contributed by atoms with Gasteiger partial charge in [0.25, 0.3) is 0 Å². The number of rotatable bonds is 20. The molecular formula is C110H96N2. The summed E-state index contributed by atoms with van der Waals surface area (Å²) in [6.45, 7) is 19.0. The molecule has 15 aromatic rings. The Balaban J connectivity index is 0.690. The Morgan fingerprint density at radius 2 is 0.429 bits per heavy atom. The summed E-state index contributed by atoms with van der Waals surface area (Å²) in [5, 5.41) is 4.89. The molecule has 0 aromatic heterocycles.